The molecule has 0 spiro atoms. The second-order valence-corrected chi connectivity index (χ2v) is 11.2. The summed E-state index contributed by atoms with van der Waals surface area (Å²) in [5.74, 6) is 3.85. The molecule has 0 unspecified atom stereocenters. The van der Waals surface area contributed by atoms with Crippen molar-refractivity contribution in [3.05, 3.63) is 57.6 Å². The number of nitrogens with zero attached hydrogens (tertiary/aromatic N) is 1. The van der Waals surface area contributed by atoms with Crippen LogP contribution in [0.2, 0.25) is 0 Å². The second-order valence-electron chi connectivity index (χ2n) is 11.2. The van der Waals surface area contributed by atoms with Gasteiger partial charge < -0.3 is 86.0 Å². The molecule has 358 valence electrons. The third-order valence-electron chi connectivity index (χ3n) is 7.12. The molecule has 0 atom stereocenters. The van der Waals surface area contributed by atoms with Crippen molar-refractivity contribution in [1.29, 1.82) is 0 Å². The SMILES string of the molecule is C.C1CO1.COCOc1cc([N+](=O)[O-])c(OCOC)c(CCO)c1OC.COCOc1ccc(OCOC)c(OC)c1.COCOc1ccc(OCOC)c(OC)c1CCO.F.[HH]. The third-order valence-corrected chi connectivity index (χ3v) is 7.12. The number of hydrogen-bond acceptors (Lipinski definition) is 20. The van der Waals surface area contributed by atoms with E-state index in [1.165, 1.54) is 41.6 Å². The van der Waals surface area contributed by atoms with Crippen LogP contribution in [-0.4, -0.2) is 146 Å². The highest BCUT2D eigenvalue weighted by atomic mass is 19.0. The molecule has 2 N–H and O–H groups in total. The topological polar surface area (TPSA) is 235 Å². The molecule has 0 saturated carbocycles. The number of aliphatic hydroxyl groups excluding tert-OH is 2. The lowest BCUT2D eigenvalue weighted by molar-refractivity contribution is -0.386. The molecule has 0 amide bonds. The van der Waals surface area contributed by atoms with E-state index in [0.717, 1.165) is 18.8 Å². The van der Waals surface area contributed by atoms with Crippen LogP contribution in [0.15, 0.2) is 36.4 Å². The van der Waals surface area contributed by atoms with Gasteiger partial charge in [0.2, 0.25) is 5.75 Å². The van der Waals surface area contributed by atoms with Crippen LogP contribution in [0.4, 0.5) is 10.4 Å². The van der Waals surface area contributed by atoms with E-state index in [1.54, 1.807) is 58.8 Å². The normalized spacial score (nSPS) is 10.6. The Morgan fingerprint density at radius 3 is 1.44 bits per heavy atom. The summed E-state index contributed by atoms with van der Waals surface area (Å²) >= 11 is 0. The molecule has 1 saturated heterocycles. The maximum absolute atomic E-state index is 11.3. The Morgan fingerprint density at radius 1 is 0.548 bits per heavy atom. The van der Waals surface area contributed by atoms with Gasteiger partial charge in [0, 0.05) is 87.3 Å². The Kier molecular flexibility index (Phi) is 34.7. The molecule has 0 radical (unpaired) electrons. The van der Waals surface area contributed by atoms with E-state index in [1.807, 2.05) is 0 Å². The molecule has 1 aliphatic heterocycles. The van der Waals surface area contributed by atoms with Crippen molar-refractivity contribution in [2.75, 3.05) is 131 Å². The Hall–Kier alpha value is -5.17. The molecular weight excluding hydrogens is 833 g/mol. The Morgan fingerprint density at radius 2 is 0.968 bits per heavy atom. The van der Waals surface area contributed by atoms with Gasteiger partial charge in [-0.05, 0) is 24.3 Å². The lowest BCUT2D eigenvalue weighted by Crippen LogP contribution is -2.10. The van der Waals surface area contributed by atoms with Crippen LogP contribution in [0.3, 0.4) is 0 Å². The standard InChI is InChI=1S/C13H19NO8.C13H20O6.C11H16O5.C2H4O.CH4.FH.H2/c1-18-7-21-11-6-10(14(16)17)12(22-8-19-2)9(4-5-15)13(11)20-3;1-15-8-18-11-4-5-12(19-9-16-2)13(17-3)10(11)6-7-14;1-12-7-15-9-4-5-10(16-8-13-2)11(6-9)14-3;1-2-3-1;;;/h6,15H,4-5,7-8H2,1-3H3;4-5,14H,6-9H2,1-3H3;4-6H,7-8H2,1-3H3;1-2H2;1H4;2*1H. The van der Waals surface area contributed by atoms with E-state index in [-0.39, 0.29) is 96.9 Å². The number of hydrogen-bond donors (Lipinski definition) is 2. The lowest BCUT2D eigenvalue weighted by atomic mass is 10.1. The van der Waals surface area contributed by atoms with Crippen molar-refractivity contribution in [2.45, 2.75) is 20.3 Å². The highest BCUT2D eigenvalue weighted by molar-refractivity contribution is 5.64. The molecule has 3 aromatic carbocycles. The molecule has 1 heterocycles. The fourth-order valence-electron chi connectivity index (χ4n) is 4.63. The van der Waals surface area contributed by atoms with Gasteiger partial charge in [0.05, 0.1) is 45.5 Å². The van der Waals surface area contributed by atoms with Crippen LogP contribution in [0, 0.1) is 10.1 Å². The van der Waals surface area contributed by atoms with Crippen LogP contribution >= 0.6 is 0 Å². The van der Waals surface area contributed by atoms with E-state index in [4.69, 9.17) is 76.2 Å². The highest BCUT2D eigenvalue weighted by Gasteiger charge is 2.28. The van der Waals surface area contributed by atoms with E-state index >= 15 is 0 Å². The summed E-state index contributed by atoms with van der Waals surface area (Å²) < 4.78 is 81.2. The average Bonchev–Trinajstić information content (AvgIpc) is 4.16. The molecule has 0 bridgehead atoms. The molecule has 0 aliphatic carbocycles. The minimum absolute atomic E-state index is 0. The summed E-state index contributed by atoms with van der Waals surface area (Å²) in [6.07, 6.45) is 0.486. The van der Waals surface area contributed by atoms with Crippen molar-refractivity contribution in [1.82, 2.24) is 0 Å². The first-order valence-corrected chi connectivity index (χ1v) is 18.0. The minimum atomic E-state index is -0.606. The predicted molar refractivity (Wildman–Crippen MR) is 224 cm³/mol. The number of benzene rings is 3. The molecule has 1 aliphatic rings. The average molecular weight is 900 g/mol. The number of nitro benzene ring substituents is 1. The quantitative estimate of drug-likeness (QED) is 0.0466. The maximum atomic E-state index is 11.3. The molecule has 3 aromatic rings. The van der Waals surface area contributed by atoms with Crippen LogP contribution in [0.25, 0.3) is 0 Å². The second kappa shape index (κ2) is 36.5. The minimum Gasteiger partial charge on any atom is -0.493 e. The zero-order chi connectivity index (χ0) is 44.5. The van der Waals surface area contributed by atoms with Gasteiger partial charge in [-0.3, -0.25) is 14.8 Å². The molecule has 4 rings (SSSR count). The van der Waals surface area contributed by atoms with Gasteiger partial charge >= 0.3 is 5.69 Å². The van der Waals surface area contributed by atoms with E-state index in [2.05, 4.69) is 4.74 Å². The maximum Gasteiger partial charge on any atom is 0.315 e. The first kappa shape index (κ1) is 58.9. The number of methoxy groups -OCH3 is 9. The summed E-state index contributed by atoms with van der Waals surface area (Å²) in [6, 6.07) is 9.91. The van der Waals surface area contributed by atoms with Gasteiger partial charge in [0.1, 0.15) is 11.5 Å². The number of rotatable bonds is 26. The summed E-state index contributed by atoms with van der Waals surface area (Å²) in [6.45, 7) is 2.06. The number of nitro groups is 1. The van der Waals surface area contributed by atoms with E-state index in [0.29, 0.717) is 46.5 Å². The van der Waals surface area contributed by atoms with Gasteiger partial charge in [0.15, 0.2) is 75.3 Å². The first-order valence-electron chi connectivity index (χ1n) is 18.0. The first-order chi connectivity index (χ1) is 29.2. The fraction of sp³-hybridized carbons (Fsp3) is 0.550. The Labute approximate surface area is 363 Å². The summed E-state index contributed by atoms with van der Waals surface area (Å²) in [4.78, 5) is 10.7. The molecule has 22 heteroatoms. The molecule has 62 heavy (non-hydrogen) atoms. The van der Waals surface area contributed by atoms with Gasteiger partial charge in [-0.15, -0.1) is 0 Å². The van der Waals surface area contributed by atoms with Crippen LogP contribution in [0.1, 0.15) is 20.0 Å². The van der Waals surface area contributed by atoms with Crippen LogP contribution < -0.4 is 42.6 Å². The zero-order valence-corrected chi connectivity index (χ0v) is 36.0. The van der Waals surface area contributed by atoms with Crippen LogP contribution in [0.5, 0.6) is 51.7 Å². The number of halogens is 1. The fourth-order valence-corrected chi connectivity index (χ4v) is 4.63. The largest absolute Gasteiger partial charge is 0.493 e. The predicted octanol–water partition coefficient (Wildman–Crippen LogP) is 5.01. The van der Waals surface area contributed by atoms with Crippen molar-refractivity contribution in [3.63, 3.8) is 0 Å². The number of ether oxygens (including phenoxy) is 16. The molecule has 1 fully saturated rings. The number of aliphatic hydroxyl groups is 2. The van der Waals surface area contributed by atoms with Gasteiger partial charge in [-0.1, -0.05) is 7.43 Å². The Balaban J connectivity index is -0.000000815. The van der Waals surface area contributed by atoms with Gasteiger partial charge in [-0.25, -0.2) is 0 Å². The van der Waals surface area contributed by atoms with Crippen molar-refractivity contribution in [3.8, 4) is 51.7 Å². The van der Waals surface area contributed by atoms with Crippen LogP contribution in [-0.2, 0) is 46.0 Å². The summed E-state index contributed by atoms with van der Waals surface area (Å²) in [5, 5.41) is 29.6. The summed E-state index contributed by atoms with van der Waals surface area (Å²) in [5.41, 5.74) is 0.741. The van der Waals surface area contributed by atoms with Crippen molar-refractivity contribution in [2.24, 2.45) is 0 Å². The Bertz CT molecular complexity index is 1620. The molecule has 21 nitrogen and oxygen atoms in total. The van der Waals surface area contributed by atoms with Crippen molar-refractivity contribution >= 4 is 5.69 Å². The summed E-state index contributed by atoms with van der Waals surface area (Å²) in [7, 11) is 13.5. The van der Waals surface area contributed by atoms with Gasteiger partial charge in [0.25, 0.3) is 0 Å². The van der Waals surface area contributed by atoms with Gasteiger partial charge in [-0.2, -0.15) is 0 Å². The zero-order valence-electron chi connectivity index (χ0n) is 36.0. The van der Waals surface area contributed by atoms with E-state index < -0.39 is 4.92 Å². The molecular formula is C40H66FNO20. The number of epoxide rings is 1. The highest BCUT2D eigenvalue weighted by Crippen LogP contribution is 2.45. The monoisotopic (exact) mass is 899 g/mol. The lowest BCUT2D eigenvalue weighted by Gasteiger charge is -2.17. The molecule has 0 aromatic heterocycles. The smallest absolute Gasteiger partial charge is 0.315 e. The van der Waals surface area contributed by atoms with E-state index in [9.17, 15) is 15.2 Å². The third kappa shape index (κ3) is 21.6. The van der Waals surface area contributed by atoms with Crippen molar-refractivity contribution < 1.29 is 97.1 Å².